The Labute approximate surface area is 119 Å². The van der Waals surface area contributed by atoms with Gasteiger partial charge in [0.2, 0.25) is 0 Å². The molecule has 3 saturated carbocycles. The van der Waals surface area contributed by atoms with Gasteiger partial charge in [-0.2, -0.15) is 0 Å². The van der Waals surface area contributed by atoms with Crippen LogP contribution >= 0.6 is 0 Å². The van der Waals surface area contributed by atoms with Crippen molar-refractivity contribution in [3.63, 3.8) is 0 Å². The fourth-order valence-electron chi connectivity index (χ4n) is 4.19. The summed E-state index contributed by atoms with van der Waals surface area (Å²) in [6.45, 7) is 0. The van der Waals surface area contributed by atoms with Gasteiger partial charge in [-0.3, -0.25) is 4.79 Å². The Balaban J connectivity index is 1.67. The maximum atomic E-state index is 11.6. The third-order valence-corrected chi connectivity index (χ3v) is 5.65. The van der Waals surface area contributed by atoms with Crippen molar-refractivity contribution in [1.82, 2.24) is 0 Å². The van der Waals surface area contributed by atoms with Crippen molar-refractivity contribution in [2.24, 2.45) is 17.8 Å². The molecule has 3 N–H and O–H groups in total. The molecule has 0 aromatic carbocycles. The first-order chi connectivity index (χ1) is 9.52. The summed E-state index contributed by atoms with van der Waals surface area (Å²) in [6, 6.07) is 0. The second-order valence-corrected chi connectivity index (χ2v) is 6.76. The van der Waals surface area contributed by atoms with Crippen molar-refractivity contribution in [2.45, 2.75) is 62.8 Å². The Hall–Kier alpha value is -0.710. The van der Waals surface area contributed by atoms with Crippen molar-refractivity contribution in [2.75, 3.05) is 0 Å². The second-order valence-electron chi connectivity index (χ2n) is 6.76. The average Bonchev–Trinajstić information content (AvgIpc) is 2.96. The van der Waals surface area contributed by atoms with E-state index in [0.717, 1.165) is 12.8 Å². The normalized spacial score (nSPS) is 43.5. The standard InChI is InChI=1S/C16H24O4/c17-13(10-3-1-2-4-10)6-5-11-12-9-15(19)16(12,20)8-7-14(11)18/h5-6,10-14,17-18,20H,1-4,7-9H2/t11-,12-,13-,14-,16-/m1/s1. The number of carbonyl (C=O) groups is 1. The van der Waals surface area contributed by atoms with E-state index in [0.29, 0.717) is 25.2 Å². The minimum absolute atomic E-state index is 0.0934. The average molecular weight is 280 g/mol. The largest absolute Gasteiger partial charge is 0.393 e. The van der Waals surface area contributed by atoms with Crippen LogP contribution in [0, 0.1) is 17.8 Å². The molecule has 0 aliphatic heterocycles. The van der Waals surface area contributed by atoms with E-state index in [9.17, 15) is 20.1 Å². The highest BCUT2D eigenvalue weighted by molar-refractivity contribution is 5.94. The SMILES string of the molecule is O=C1C[C@@H]2[C@@H](C=C[C@@H](O)C3CCCC3)[C@H](O)CC[C@]12O. The zero-order chi connectivity index (χ0) is 14.3. The summed E-state index contributed by atoms with van der Waals surface area (Å²) in [4.78, 5) is 11.6. The number of carbonyl (C=O) groups excluding carboxylic acids is 1. The van der Waals surface area contributed by atoms with Crippen molar-refractivity contribution < 1.29 is 20.1 Å². The quantitative estimate of drug-likeness (QED) is 0.679. The first-order valence-electron chi connectivity index (χ1n) is 7.82. The molecule has 0 amide bonds. The zero-order valence-electron chi connectivity index (χ0n) is 11.7. The molecule has 0 unspecified atom stereocenters. The third kappa shape index (κ3) is 2.24. The van der Waals surface area contributed by atoms with Crippen molar-refractivity contribution >= 4 is 5.78 Å². The van der Waals surface area contributed by atoms with E-state index in [1.54, 1.807) is 6.08 Å². The van der Waals surface area contributed by atoms with Crippen LogP contribution in [0.5, 0.6) is 0 Å². The van der Waals surface area contributed by atoms with E-state index in [1.165, 1.54) is 12.8 Å². The molecule has 3 aliphatic rings. The van der Waals surface area contributed by atoms with Crippen LogP contribution < -0.4 is 0 Å². The molecule has 4 nitrogen and oxygen atoms in total. The van der Waals surface area contributed by atoms with E-state index >= 15 is 0 Å². The smallest absolute Gasteiger partial charge is 0.165 e. The van der Waals surface area contributed by atoms with Gasteiger partial charge < -0.3 is 15.3 Å². The summed E-state index contributed by atoms with van der Waals surface area (Å²) in [5.41, 5.74) is -1.22. The minimum Gasteiger partial charge on any atom is -0.393 e. The lowest BCUT2D eigenvalue weighted by atomic mass is 9.55. The molecule has 0 heterocycles. The Morgan fingerprint density at radius 3 is 2.60 bits per heavy atom. The molecule has 0 bridgehead atoms. The van der Waals surface area contributed by atoms with Crippen molar-refractivity contribution in [3.8, 4) is 0 Å². The molecular weight excluding hydrogens is 256 g/mol. The maximum absolute atomic E-state index is 11.6. The monoisotopic (exact) mass is 280 g/mol. The van der Waals surface area contributed by atoms with Gasteiger partial charge in [-0.05, 0) is 31.6 Å². The van der Waals surface area contributed by atoms with E-state index in [-0.39, 0.29) is 17.6 Å². The first-order valence-corrected chi connectivity index (χ1v) is 7.82. The number of hydrogen-bond acceptors (Lipinski definition) is 4. The van der Waals surface area contributed by atoms with Crippen LogP contribution in [-0.2, 0) is 4.79 Å². The Kier molecular flexibility index (Phi) is 3.73. The van der Waals surface area contributed by atoms with Gasteiger partial charge in [0.25, 0.3) is 0 Å². The topological polar surface area (TPSA) is 77.8 Å². The van der Waals surface area contributed by atoms with Gasteiger partial charge in [-0.25, -0.2) is 0 Å². The maximum Gasteiger partial charge on any atom is 0.165 e. The summed E-state index contributed by atoms with van der Waals surface area (Å²) in [5, 5.41) is 30.6. The predicted octanol–water partition coefficient (Wildman–Crippen LogP) is 1.18. The molecule has 3 rings (SSSR count). The summed E-state index contributed by atoms with van der Waals surface area (Å²) >= 11 is 0. The lowest BCUT2D eigenvalue weighted by molar-refractivity contribution is -0.182. The fourth-order valence-corrected chi connectivity index (χ4v) is 4.19. The van der Waals surface area contributed by atoms with E-state index < -0.39 is 17.8 Å². The van der Waals surface area contributed by atoms with E-state index in [1.807, 2.05) is 6.08 Å². The molecule has 5 atom stereocenters. The van der Waals surface area contributed by atoms with E-state index in [2.05, 4.69) is 0 Å². The summed E-state index contributed by atoms with van der Waals surface area (Å²) in [6.07, 6.45) is 8.29. The van der Waals surface area contributed by atoms with Gasteiger partial charge in [0.1, 0.15) is 5.60 Å². The molecule has 0 aromatic heterocycles. The van der Waals surface area contributed by atoms with Gasteiger partial charge in [-0.15, -0.1) is 0 Å². The lowest BCUT2D eigenvalue weighted by Gasteiger charge is -2.52. The third-order valence-electron chi connectivity index (χ3n) is 5.65. The van der Waals surface area contributed by atoms with Gasteiger partial charge in [0, 0.05) is 18.3 Å². The van der Waals surface area contributed by atoms with Gasteiger partial charge in [0.05, 0.1) is 12.2 Å². The van der Waals surface area contributed by atoms with Crippen molar-refractivity contribution in [3.05, 3.63) is 12.2 Å². The fraction of sp³-hybridized carbons (Fsp3) is 0.812. The molecule has 4 heteroatoms. The zero-order valence-corrected chi connectivity index (χ0v) is 11.7. The Morgan fingerprint density at radius 1 is 1.25 bits per heavy atom. The number of ketones is 1. The van der Waals surface area contributed by atoms with Gasteiger partial charge in [-0.1, -0.05) is 25.0 Å². The van der Waals surface area contributed by atoms with Crippen LogP contribution in [0.2, 0.25) is 0 Å². The van der Waals surface area contributed by atoms with Crippen LogP contribution in [0.1, 0.15) is 44.9 Å². The van der Waals surface area contributed by atoms with Crippen molar-refractivity contribution in [1.29, 1.82) is 0 Å². The Bertz CT molecular complexity index is 413. The molecule has 0 spiro atoms. The van der Waals surface area contributed by atoms with Crippen LogP contribution in [0.25, 0.3) is 0 Å². The molecular formula is C16H24O4. The van der Waals surface area contributed by atoms with Gasteiger partial charge >= 0.3 is 0 Å². The van der Waals surface area contributed by atoms with Crippen LogP contribution in [0.15, 0.2) is 12.2 Å². The molecule has 112 valence electrons. The highest BCUT2D eigenvalue weighted by Crippen LogP contribution is 2.49. The number of Topliss-reactive ketones (excluding diaryl/α,β-unsaturated/α-hetero) is 1. The number of fused-ring (bicyclic) bond motifs is 1. The predicted molar refractivity (Wildman–Crippen MR) is 73.9 cm³/mol. The van der Waals surface area contributed by atoms with Crippen LogP contribution in [0.3, 0.4) is 0 Å². The molecule has 0 aromatic rings. The molecule has 0 radical (unpaired) electrons. The molecule has 20 heavy (non-hydrogen) atoms. The Morgan fingerprint density at radius 2 is 1.95 bits per heavy atom. The first kappa shape index (κ1) is 14.2. The minimum atomic E-state index is -1.22. The number of hydrogen-bond donors (Lipinski definition) is 3. The highest BCUT2D eigenvalue weighted by atomic mass is 16.3. The van der Waals surface area contributed by atoms with Crippen LogP contribution in [-0.4, -0.2) is 38.9 Å². The van der Waals surface area contributed by atoms with Crippen LogP contribution in [0.4, 0.5) is 0 Å². The second kappa shape index (κ2) is 5.24. The number of rotatable bonds is 3. The molecule has 3 fully saturated rings. The summed E-state index contributed by atoms with van der Waals surface area (Å²) < 4.78 is 0. The molecule has 3 aliphatic carbocycles. The lowest BCUT2D eigenvalue weighted by Crippen LogP contribution is -2.63. The number of aliphatic hydroxyl groups excluding tert-OH is 2. The number of aliphatic hydroxyl groups is 3. The summed E-state index contributed by atoms with van der Waals surface area (Å²) in [7, 11) is 0. The summed E-state index contributed by atoms with van der Waals surface area (Å²) in [5.74, 6) is -0.147. The molecule has 0 saturated heterocycles. The van der Waals surface area contributed by atoms with E-state index in [4.69, 9.17) is 0 Å². The highest BCUT2D eigenvalue weighted by Gasteiger charge is 2.59. The van der Waals surface area contributed by atoms with Gasteiger partial charge in [0.15, 0.2) is 5.78 Å².